The smallest absolute Gasteiger partial charge is 0.387 e. The highest BCUT2D eigenvalue weighted by molar-refractivity contribution is 6.29. The number of carbonyl (C=O) groups is 1. The number of pyridine rings is 1. The predicted molar refractivity (Wildman–Crippen MR) is 70.3 cm³/mol. The average Bonchev–Trinajstić information content (AvgIpc) is 2.41. The number of aromatic nitrogens is 1. The molecule has 104 valence electrons. The molecule has 1 aromatic heterocycles. The van der Waals surface area contributed by atoms with E-state index in [1.165, 1.54) is 42.6 Å². The van der Waals surface area contributed by atoms with Crippen molar-refractivity contribution in [2.75, 3.05) is 5.32 Å². The van der Waals surface area contributed by atoms with E-state index in [0.717, 1.165) is 0 Å². The summed E-state index contributed by atoms with van der Waals surface area (Å²) < 4.78 is 28.2. The molecule has 0 atom stereocenters. The molecule has 2 aromatic rings. The summed E-state index contributed by atoms with van der Waals surface area (Å²) in [6.45, 7) is -2.88. The van der Waals surface area contributed by atoms with E-state index >= 15 is 0 Å². The summed E-state index contributed by atoms with van der Waals surface area (Å²) in [6.07, 6.45) is 1.34. The number of anilines is 1. The number of hydrogen-bond acceptors (Lipinski definition) is 3. The summed E-state index contributed by atoms with van der Waals surface area (Å²) in [5, 5.41) is 2.88. The van der Waals surface area contributed by atoms with Crippen LogP contribution < -0.4 is 10.1 Å². The molecule has 7 heteroatoms. The number of nitrogens with zero attached hydrogens (tertiary/aromatic N) is 1. The Labute approximate surface area is 118 Å². The lowest BCUT2D eigenvalue weighted by Crippen LogP contribution is -2.12. The van der Waals surface area contributed by atoms with Crippen molar-refractivity contribution < 1.29 is 18.3 Å². The van der Waals surface area contributed by atoms with Gasteiger partial charge in [0.05, 0.1) is 5.56 Å². The molecule has 0 aliphatic rings. The number of nitrogens with one attached hydrogen (secondary N) is 1. The second-order valence-electron chi connectivity index (χ2n) is 3.73. The SMILES string of the molecule is O=C(Nc1ccc(OC(F)F)cc1)c1ccc(Cl)nc1. The van der Waals surface area contributed by atoms with Crippen LogP contribution in [-0.2, 0) is 0 Å². The van der Waals surface area contributed by atoms with Crippen molar-refractivity contribution in [1.82, 2.24) is 4.98 Å². The maximum atomic E-state index is 12.0. The van der Waals surface area contributed by atoms with Gasteiger partial charge in [-0.2, -0.15) is 8.78 Å². The van der Waals surface area contributed by atoms with E-state index in [0.29, 0.717) is 11.3 Å². The Balaban J connectivity index is 2.02. The highest BCUT2D eigenvalue weighted by atomic mass is 35.5. The number of carbonyl (C=O) groups excluding carboxylic acids is 1. The summed E-state index contributed by atoms with van der Waals surface area (Å²) in [5.41, 5.74) is 0.786. The van der Waals surface area contributed by atoms with Crippen LogP contribution in [0.25, 0.3) is 0 Å². The van der Waals surface area contributed by atoms with Gasteiger partial charge in [-0.1, -0.05) is 11.6 Å². The third-order valence-corrected chi connectivity index (χ3v) is 2.55. The highest BCUT2D eigenvalue weighted by Crippen LogP contribution is 2.18. The van der Waals surface area contributed by atoms with Crippen LogP contribution in [-0.4, -0.2) is 17.5 Å². The van der Waals surface area contributed by atoms with E-state index in [4.69, 9.17) is 11.6 Å². The van der Waals surface area contributed by atoms with Crippen molar-refractivity contribution in [1.29, 1.82) is 0 Å². The minimum Gasteiger partial charge on any atom is -0.435 e. The maximum absolute atomic E-state index is 12.0. The molecule has 0 aliphatic carbocycles. The fraction of sp³-hybridized carbons (Fsp3) is 0.0769. The Bertz CT molecular complexity index is 588. The summed E-state index contributed by atoms with van der Waals surface area (Å²) in [5.74, 6) is -0.358. The topological polar surface area (TPSA) is 51.2 Å². The second-order valence-corrected chi connectivity index (χ2v) is 4.11. The molecule has 0 saturated heterocycles. The Hall–Kier alpha value is -2.21. The Kier molecular flexibility index (Phi) is 4.47. The van der Waals surface area contributed by atoms with Crippen LogP contribution >= 0.6 is 11.6 Å². The molecule has 0 unspecified atom stereocenters. The normalized spacial score (nSPS) is 10.4. The number of hydrogen-bond donors (Lipinski definition) is 1. The van der Waals surface area contributed by atoms with Gasteiger partial charge in [-0.15, -0.1) is 0 Å². The first-order valence-corrected chi connectivity index (χ1v) is 5.90. The zero-order chi connectivity index (χ0) is 14.5. The van der Waals surface area contributed by atoms with Gasteiger partial charge in [0.2, 0.25) is 0 Å². The van der Waals surface area contributed by atoms with Crippen LogP contribution in [0.5, 0.6) is 5.75 Å². The molecular formula is C13H9ClF2N2O2. The number of ether oxygens (including phenoxy) is 1. The minimum absolute atomic E-state index is 0.0196. The molecule has 0 aliphatic heterocycles. The lowest BCUT2D eigenvalue weighted by Gasteiger charge is -2.07. The van der Waals surface area contributed by atoms with Gasteiger partial charge in [-0.25, -0.2) is 4.98 Å². The van der Waals surface area contributed by atoms with Crippen molar-refractivity contribution in [2.24, 2.45) is 0 Å². The van der Waals surface area contributed by atoms with Crippen molar-refractivity contribution in [3.8, 4) is 5.75 Å². The van der Waals surface area contributed by atoms with Gasteiger partial charge >= 0.3 is 6.61 Å². The first-order chi connectivity index (χ1) is 9.54. The van der Waals surface area contributed by atoms with Crippen LogP contribution in [0.15, 0.2) is 42.6 Å². The van der Waals surface area contributed by atoms with Crippen LogP contribution in [0, 0.1) is 0 Å². The Morgan fingerprint density at radius 3 is 2.45 bits per heavy atom. The number of halogens is 3. The van der Waals surface area contributed by atoms with Gasteiger partial charge in [0.25, 0.3) is 5.91 Å². The quantitative estimate of drug-likeness (QED) is 0.878. The van der Waals surface area contributed by atoms with Crippen molar-refractivity contribution in [3.63, 3.8) is 0 Å². The summed E-state index contributed by atoms with van der Waals surface area (Å²) in [4.78, 5) is 15.6. The van der Waals surface area contributed by atoms with Crippen molar-refractivity contribution in [3.05, 3.63) is 53.3 Å². The lowest BCUT2D eigenvalue weighted by molar-refractivity contribution is -0.0498. The third kappa shape index (κ3) is 3.89. The molecule has 1 N–H and O–H groups in total. The average molecular weight is 299 g/mol. The second kappa shape index (κ2) is 6.29. The molecule has 20 heavy (non-hydrogen) atoms. The molecule has 1 amide bonds. The molecular weight excluding hydrogens is 290 g/mol. The van der Waals surface area contributed by atoms with Gasteiger partial charge in [0.15, 0.2) is 0 Å². The number of alkyl halides is 2. The van der Waals surface area contributed by atoms with E-state index in [-0.39, 0.29) is 16.8 Å². The standard InChI is InChI=1S/C13H9ClF2N2O2/c14-11-6-1-8(7-17-11)12(19)18-9-2-4-10(5-3-9)20-13(15)16/h1-7,13H,(H,18,19). The fourth-order valence-corrected chi connectivity index (χ4v) is 1.54. The number of amides is 1. The van der Waals surface area contributed by atoms with Gasteiger partial charge in [0.1, 0.15) is 10.9 Å². The molecule has 1 heterocycles. The first-order valence-electron chi connectivity index (χ1n) is 5.52. The van der Waals surface area contributed by atoms with Gasteiger partial charge in [0, 0.05) is 11.9 Å². The zero-order valence-corrected chi connectivity index (χ0v) is 10.8. The van der Waals surface area contributed by atoms with Crippen molar-refractivity contribution in [2.45, 2.75) is 6.61 Å². The van der Waals surface area contributed by atoms with Gasteiger partial charge in [-0.3, -0.25) is 4.79 Å². The molecule has 4 nitrogen and oxygen atoms in total. The van der Waals surface area contributed by atoms with Crippen LogP contribution in [0.1, 0.15) is 10.4 Å². The van der Waals surface area contributed by atoms with Gasteiger partial charge < -0.3 is 10.1 Å². The highest BCUT2D eigenvalue weighted by Gasteiger charge is 2.08. The van der Waals surface area contributed by atoms with E-state index in [1.54, 1.807) is 0 Å². The number of benzene rings is 1. The molecule has 0 saturated carbocycles. The monoisotopic (exact) mass is 298 g/mol. The Morgan fingerprint density at radius 2 is 1.90 bits per heavy atom. The van der Waals surface area contributed by atoms with E-state index in [2.05, 4.69) is 15.0 Å². The number of rotatable bonds is 4. The first kappa shape index (κ1) is 14.2. The molecule has 1 aromatic carbocycles. The molecule has 0 radical (unpaired) electrons. The zero-order valence-electron chi connectivity index (χ0n) is 10.0. The summed E-state index contributed by atoms with van der Waals surface area (Å²) in [6, 6.07) is 8.61. The van der Waals surface area contributed by atoms with E-state index in [9.17, 15) is 13.6 Å². The van der Waals surface area contributed by atoms with Crippen LogP contribution in [0.4, 0.5) is 14.5 Å². The molecule has 2 rings (SSSR count). The van der Waals surface area contributed by atoms with Gasteiger partial charge in [-0.05, 0) is 36.4 Å². The van der Waals surface area contributed by atoms with Crippen molar-refractivity contribution >= 4 is 23.2 Å². The largest absolute Gasteiger partial charge is 0.435 e. The fourth-order valence-electron chi connectivity index (χ4n) is 1.43. The summed E-state index contributed by atoms with van der Waals surface area (Å²) in [7, 11) is 0. The van der Waals surface area contributed by atoms with Crippen LogP contribution in [0.2, 0.25) is 5.15 Å². The third-order valence-electron chi connectivity index (χ3n) is 2.33. The Morgan fingerprint density at radius 1 is 1.20 bits per heavy atom. The lowest BCUT2D eigenvalue weighted by atomic mass is 10.2. The molecule has 0 bridgehead atoms. The summed E-state index contributed by atoms with van der Waals surface area (Å²) >= 11 is 5.62. The maximum Gasteiger partial charge on any atom is 0.387 e. The molecule has 0 fully saturated rings. The van der Waals surface area contributed by atoms with E-state index in [1.807, 2.05) is 0 Å². The molecule has 0 spiro atoms. The minimum atomic E-state index is -2.88. The van der Waals surface area contributed by atoms with E-state index < -0.39 is 6.61 Å². The predicted octanol–water partition coefficient (Wildman–Crippen LogP) is 3.59. The van der Waals surface area contributed by atoms with Crippen LogP contribution in [0.3, 0.4) is 0 Å².